The molecule has 2 fully saturated rings. The van der Waals surface area contributed by atoms with Crippen LogP contribution in [0.1, 0.15) is 12.8 Å². The summed E-state index contributed by atoms with van der Waals surface area (Å²) in [6.07, 6.45) is 7.78. The van der Waals surface area contributed by atoms with Crippen molar-refractivity contribution in [1.29, 1.82) is 0 Å². The van der Waals surface area contributed by atoms with Gasteiger partial charge in [-0.3, -0.25) is 4.90 Å². The standard InChI is InChI=1S/C19H26N2O/c1-22-19-4-2-3-18(13-19)21-9-7-20(8-10-21)14-17-12-15-5-6-16(17)11-15/h2-6,13,15-17H,7-12,14H2,1H3/t15-,16-,17+/m1/s1. The summed E-state index contributed by atoms with van der Waals surface area (Å²) in [7, 11) is 1.74. The molecule has 4 rings (SSSR count). The van der Waals surface area contributed by atoms with E-state index in [2.05, 4.69) is 40.2 Å². The molecule has 0 N–H and O–H groups in total. The van der Waals surface area contributed by atoms with Crippen LogP contribution in [0.15, 0.2) is 36.4 Å². The normalized spacial score (nSPS) is 31.0. The van der Waals surface area contributed by atoms with Gasteiger partial charge in [0.05, 0.1) is 7.11 Å². The third-order valence-corrected chi connectivity index (χ3v) is 5.70. The lowest BCUT2D eigenvalue weighted by molar-refractivity contribution is 0.204. The number of anilines is 1. The fourth-order valence-corrected chi connectivity index (χ4v) is 4.43. The largest absolute Gasteiger partial charge is 0.497 e. The zero-order valence-electron chi connectivity index (χ0n) is 13.4. The minimum Gasteiger partial charge on any atom is -0.497 e. The molecule has 0 amide bonds. The molecule has 3 atom stereocenters. The van der Waals surface area contributed by atoms with Crippen molar-refractivity contribution in [1.82, 2.24) is 4.90 Å². The van der Waals surface area contributed by atoms with Gasteiger partial charge in [-0.15, -0.1) is 0 Å². The van der Waals surface area contributed by atoms with Gasteiger partial charge in [0.25, 0.3) is 0 Å². The van der Waals surface area contributed by atoms with Crippen LogP contribution in [-0.2, 0) is 0 Å². The van der Waals surface area contributed by atoms with E-state index in [1.54, 1.807) is 7.11 Å². The number of hydrogen-bond acceptors (Lipinski definition) is 3. The summed E-state index contributed by atoms with van der Waals surface area (Å²) in [6, 6.07) is 8.44. The maximum atomic E-state index is 5.34. The van der Waals surface area contributed by atoms with Crippen molar-refractivity contribution in [3.05, 3.63) is 36.4 Å². The van der Waals surface area contributed by atoms with Crippen molar-refractivity contribution in [2.75, 3.05) is 44.7 Å². The van der Waals surface area contributed by atoms with Crippen LogP contribution < -0.4 is 9.64 Å². The maximum absolute atomic E-state index is 5.34. The second-order valence-electron chi connectivity index (χ2n) is 7.03. The summed E-state index contributed by atoms with van der Waals surface area (Å²) in [4.78, 5) is 5.16. The minimum absolute atomic E-state index is 0.876. The van der Waals surface area contributed by atoms with Gasteiger partial charge in [0.1, 0.15) is 5.75 Å². The second kappa shape index (κ2) is 5.96. The van der Waals surface area contributed by atoms with E-state index >= 15 is 0 Å². The van der Waals surface area contributed by atoms with E-state index in [4.69, 9.17) is 4.74 Å². The molecular formula is C19H26N2O. The maximum Gasteiger partial charge on any atom is 0.120 e. The first-order chi connectivity index (χ1) is 10.8. The number of piperazine rings is 1. The molecular weight excluding hydrogens is 272 g/mol. The molecule has 1 aromatic carbocycles. The first-order valence-corrected chi connectivity index (χ1v) is 8.61. The van der Waals surface area contributed by atoms with Crippen molar-refractivity contribution < 1.29 is 4.74 Å². The Kier molecular flexibility index (Phi) is 3.83. The molecule has 1 saturated heterocycles. The van der Waals surface area contributed by atoms with Gasteiger partial charge in [-0.1, -0.05) is 18.2 Å². The zero-order valence-corrected chi connectivity index (χ0v) is 13.4. The van der Waals surface area contributed by atoms with Gasteiger partial charge >= 0.3 is 0 Å². The monoisotopic (exact) mass is 298 g/mol. The smallest absolute Gasteiger partial charge is 0.120 e. The topological polar surface area (TPSA) is 15.7 Å². The van der Waals surface area contributed by atoms with E-state index < -0.39 is 0 Å². The van der Waals surface area contributed by atoms with Crippen molar-refractivity contribution >= 4 is 5.69 Å². The third-order valence-electron chi connectivity index (χ3n) is 5.70. The van der Waals surface area contributed by atoms with Crippen LogP contribution in [0.3, 0.4) is 0 Å². The number of ether oxygens (including phenoxy) is 1. The molecule has 3 heteroatoms. The summed E-state index contributed by atoms with van der Waals surface area (Å²) in [5.41, 5.74) is 1.29. The predicted octanol–water partition coefficient (Wildman–Crippen LogP) is 3.03. The molecule has 2 aliphatic carbocycles. The molecule has 1 aromatic rings. The number of allylic oxidation sites excluding steroid dienone is 2. The molecule has 0 unspecified atom stereocenters. The fraction of sp³-hybridized carbons (Fsp3) is 0.579. The Morgan fingerprint density at radius 3 is 2.64 bits per heavy atom. The molecule has 2 bridgehead atoms. The van der Waals surface area contributed by atoms with E-state index in [9.17, 15) is 0 Å². The number of hydrogen-bond donors (Lipinski definition) is 0. The van der Waals surface area contributed by atoms with Gasteiger partial charge < -0.3 is 9.64 Å². The Morgan fingerprint density at radius 1 is 1.09 bits per heavy atom. The summed E-state index contributed by atoms with van der Waals surface area (Å²) in [5.74, 6) is 3.64. The Labute approximate surface area is 133 Å². The average Bonchev–Trinajstić information content (AvgIpc) is 3.18. The van der Waals surface area contributed by atoms with Gasteiger partial charge in [0.2, 0.25) is 0 Å². The van der Waals surface area contributed by atoms with Crippen molar-refractivity contribution in [3.8, 4) is 5.75 Å². The van der Waals surface area contributed by atoms with Crippen LogP contribution in [0.5, 0.6) is 5.75 Å². The van der Waals surface area contributed by atoms with Crippen molar-refractivity contribution in [2.24, 2.45) is 17.8 Å². The quantitative estimate of drug-likeness (QED) is 0.795. The number of methoxy groups -OCH3 is 1. The van der Waals surface area contributed by atoms with E-state index in [0.29, 0.717) is 0 Å². The molecule has 1 saturated carbocycles. The summed E-state index contributed by atoms with van der Waals surface area (Å²) in [5, 5.41) is 0. The zero-order chi connectivity index (χ0) is 14.9. The van der Waals surface area contributed by atoms with Gasteiger partial charge in [-0.2, -0.15) is 0 Å². The Hall–Kier alpha value is -1.48. The lowest BCUT2D eigenvalue weighted by atomic mass is 9.93. The number of rotatable bonds is 4. The molecule has 0 radical (unpaired) electrons. The fourth-order valence-electron chi connectivity index (χ4n) is 4.43. The lowest BCUT2D eigenvalue weighted by Gasteiger charge is -2.38. The predicted molar refractivity (Wildman–Crippen MR) is 90.5 cm³/mol. The summed E-state index contributed by atoms with van der Waals surface area (Å²) >= 11 is 0. The molecule has 22 heavy (non-hydrogen) atoms. The van der Waals surface area contributed by atoms with Crippen molar-refractivity contribution in [3.63, 3.8) is 0 Å². The number of benzene rings is 1. The van der Waals surface area contributed by atoms with Crippen LogP contribution in [0.25, 0.3) is 0 Å². The molecule has 3 nitrogen and oxygen atoms in total. The van der Waals surface area contributed by atoms with Crippen LogP contribution >= 0.6 is 0 Å². The molecule has 3 aliphatic rings. The molecule has 0 spiro atoms. The Balaban J connectivity index is 1.31. The Bertz CT molecular complexity index is 548. The van der Waals surface area contributed by atoms with Crippen molar-refractivity contribution in [2.45, 2.75) is 12.8 Å². The molecule has 118 valence electrons. The van der Waals surface area contributed by atoms with Gasteiger partial charge in [-0.25, -0.2) is 0 Å². The van der Waals surface area contributed by atoms with Gasteiger partial charge in [-0.05, 0) is 42.7 Å². The lowest BCUT2D eigenvalue weighted by Crippen LogP contribution is -2.48. The molecule has 1 heterocycles. The van der Waals surface area contributed by atoms with E-state index in [-0.39, 0.29) is 0 Å². The SMILES string of the molecule is COc1cccc(N2CCN(C[C@@H]3C[C@@H]4C=C[C@@H]3C4)CC2)c1. The van der Waals surface area contributed by atoms with Crippen LogP contribution in [0.2, 0.25) is 0 Å². The summed E-state index contributed by atoms with van der Waals surface area (Å²) in [6.45, 7) is 5.94. The average molecular weight is 298 g/mol. The van der Waals surface area contributed by atoms with E-state index in [1.807, 2.05) is 6.07 Å². The first-order valence-electron chi connectivity index (χ1n) is 8.61. The molecule has 0 aromatic heterocycles. The number of fused-ring (bicyclic) bond motifs is 2. The highest BCUT2D eigenvalue weighted by Gasteiger charge is 2.36. The van der Waals surface area contributed by atoms with Crippen LogP contribution in [-0.4, -0.2) is 44.7 Å². The Morgan fingerprint density at radius 2 is 1.95 bits per heavy atom. The van der Waals surface area contributed by atoms with E-state index in [1.165, 1.54) is 38.2 Å². The first kappa shape index (κ1) is 14.1. The highest BCUT2D eigenvalue weighted by atomic mass is 16.5. The second-order valence-corrected chi connectivity index (χ2v) is 7.03. The van der Waals surface area contributed by atoms with Gasteiger partial charge in [0, 0.05) is 44.5 Å². The highest BCUT2D eigenvalue weighted by Crippen LogP contribution is 2.43. The van der Waals surface area contributed by atoms with E-state index in [0.717, 1.165) is 36.6 Å². The number of nitrogens with zero attached hydrogens (tertiary/aromatic N) is 2. The molecule has 1 aliphatic heterocycles. The minimum atomic E-state index is 0.876. The van der Waals surface area contributed by atoms with Crippen LogP contribution in [0, 0.1) is 17.8 Å². The third kappa shape index (κ3) is 2.74. The highest BCUT2D eigenvalue weighted by molar-refractivity contribution is 5.51. The van der Waals surface area contributed by atoms with Crippen LogP contribution in [0.4, 0.5) is 5.69 Å². The van der Waals surface area contributed by atoms with Gasteiger partial charge in [0.15, 0.2) is 0 Å². The summed E-state index contributed by atoms with van der Waals surface area (Å²) < 4.78 is 5.34.